The molecule has 1 saturated heterocycles. The second kappa shape index (κ2) is 6.41. The zero-order valence-corrected chi connectivity index (χ0v) is 14.1. The summed E-state index contributed by atoms with van der Waals surface area (Å²) in [6.07, 6.45) is -0.194. The Kier molecular flexibility index (Phi) is 4.56. The second-order valence-corrected chi connectivity index (χ2v) is 7.61. The number of benzene rings is 1. The lowest BCUT2D eigenvalue weighted by Crippen LogP contribution is -2.42. The molecule has 0 radical (unpaired) electrons. The van der Waals surface area contributed by atoms with Crippen LogP contribution in [0.3, 0.4) is 0 Å². The third kappa shape index (κ3) is 3.44. The molecule has 3 rings (SSSR count). The maximum atomic E-state index is 13.0. The van der Waals surface area contributed by atoms with Crippen molar-refractivity contribution in [3.63, 3.8) is 0 Å². The summed E-state index contributed by atoms with van der Waals surface area (Å²) in [7, 11) is 0. The van der Waals surface area contributed by atoms with Gasteiger partial charge in [-0.3, -0.25) is 4.79 Å². The summed E-state index contributed by atoms with van der Waals surface area (Å²) in [5, 5.41) is 1.88. The molecule has 2 heterocycles. The van der Waals surface area contributed by atoms with Gasteiger partial charge in [0.15, 0.2) is 0 Å². The molecule has 0 spiro atoms. The molecule has 1 unspecified atom stereocenters. The molecule has 1 atom stereocenters. The molecule has 0 saturated carbocycles. The Morgan fingerprint density at radius 3 is 2.81 bits per heavy atom. The number of amides is 1. The van der Waals surface area contributed by atoms with Crippen LogP contribution < -0.4 is 0 Å². The molecule has 110 valence electrons. The van der Waals surface area contributed by atoms with Crippen LogP contribution in [-0.2, 0) is 4.74 Å². The van der Waals surface area contributed by atoms with E-state index in [0.29, 0.717) is 19.7 Å². The molecule has 6 heteroatoms. The van der Waals surface area contributed by atoms with Gasteiger partial charge in [0.05, 0.1) is 21.6 Å². The van der Waals surface area contributed by atoms with E-state index in [-0.39, 0.29) is 17.8 Å². The Hall–Kier alpha value is -0.990. The van der Waals surface area contributed by atoms with Crippen molar-refractivity contribution in [3.8, 4) is 0 Å². The minimum absolute atomic E-state index is 0.0320. The number of hydrogen-bond acceptors (Lipinski definition) is 3. The van der Waals surface area contributed by atoms with E-state index in [2.05, 4.69) is 22.6 Å². The molecule has 1 aromatic heterocycles. The monoisotopic (exact) mass is 417 g/mol. The Morgan fingerprint density at radius 2 is 2.14 bits per heavy atom. The quantitative estimate of drug-likeness (QED) is 0.698. The van der Waals surface area contributed by atoms with Gasteiger partial charge in [-0.25, -0.2) is 4.39 Å². The first kappa shape index (κ1) is 14.9. The number of thiophene rings is 1. The molecule has 0 aliphatic carbocycles. The summed E-state index contributed by atoms with van der Waals surface area (Å²) in [5.41, 5.74) is 1.62. The van der Waals surface area contributed by atoms with E-state index >= 15 is 0 Å². The van der Waals surface area contributed by atoms with Crippen LogP contribution in [0.1, 0.15) is 22.0 Å². The lowest BCUT2D eigenvalue weighted by atomic mass is 10.1. The largest absolute Gasteiger partial charge is 0.370 e. The molecule has 21 heavy (non-hydrogen) atoms. The topological polar surface area (TPSA) is 29.5 Å². The average molecular weight is 417 g/mol. The van der Waals surface area contributed by atoms with E-state index < -0.39 is 0 Å². The molecule has 1 aromatic carbocycles. The van der Waals surface area contributed by atoms with Crippen LogP contribution in [0.2, 0.25) is 0 Å². The van der Waals surface area contributed by atoms with Gasteiger partial charge < -0.3 is 9.64 Å². The van der Waals surface area contributed by atoms with E-state index in [4.69, 9.17) is 4.74 Å². The summed E-state index contributed by atoms with van der Waals surface area (Å²) < 4.78 is 19.8. The van der Waals surface area contributed by atoms with Gasteiger partial charge in [0.25, 0.3) is 5.91 Å². The van der Waals surface area contributed by atoms with Crippen molar-refractivity contribution in [3.05, 3.63) is 55.5 Å². The highest BCUT2D eigenvalue weighted by molar-refractivity contribution is 14.1. The van der Waals surface area contributed by atoms with Crippen molar-refractivity contribution in [2.24, 2.45) is 0 Å². The first-order valence-corrected chi connectivity index (χ1v) is 8.50. The zero-order valence-electron chi connectivity index (χ0n) is 11.1. The molecule has 0 N–H and O–H groups in total. The van der Waals surface area contributed by atoms with Gasteiger partial charge in [-0.1, -0.05) is 12.1 Å². The summed E-state index contributed by atoms with van der Waals surface area (Å²) in [6, 6.07) is 8.15. The number of rotatable bonds is 2. The maximum Gasteiger partial charge on any atom is 0.254 e. The van der Waals surface area contributed by atoms with Gasteiger partial charge in [-0.05, 0) is 46.4 Å². The fraction of sp³-hybridized carbons (Fsp3) is 0.267. The van der Waals surface area contributed by atoms with Gasteiger partial charge in [-0.2, -0.15) is 0 Å². The predicted molar refractivity (Wildman–Crippen MR) is 88.0 cm³/mol. The van der Waals surface area contributed by atoms with E-state index in [9.17, 15) is 9.18 Å². The van der Waals surface area contributed by atoms with Gasteiger partial charge >= 0.3 is 0 Å². The first-order valence-electron chi connectivity index (χ1n) is 6.54. The van der Waals surface area contributed by atoms with Crippen LogP contribution in [0.4, 0.5) is 4.39 Å². The van der Waals surface area contributed by atoms with E-state index in [1.165, 1.54) is 12.1 Å². The number of ether oxygens (including phenoxy) is 1. The van der Waals surface area contributed by atoms with Crippen LogP contribution >= 0.6 is 33.9 Å². The smallest absolute Gasteiger partial charge is 0.254 e. The standard InChI is InChI=1S/C15H13FINO2S/c16-12-3-1-10(2-4-12)13-8-18(5-6-20-13)15(19)11-7-14(17)21-9-11/h1-4,7,9,13H,5-6,8H2. The van der Waals surface area contributed by atoms with E-state index in [0.717, 1.165) is 14.0 Å². The van der Waals surface area contributed by atoms with Crippen LogP contribution in [0.25, 0.3) is 0 Å². The van der Waals surface area contributed by atoms with Crippen LogP contribution in [0.15, 0.2) is 35.7 Å². The second-order valence-electron chi connectivity index (χ2n) is 4.80. The molecule has 1 aliphatic heterocycles. The number of nitrogens with zero attached hydrogens (tertiary/aromatic N) is 1. The van der Waals surface area contributed by atoms with Gasteiger partial charge in [0.1, 0.15) is 11.9 Å². The van der Waals surface area contributed by atoms with Gasteiger partial charge in [0.2, 0.25) is 0 Å². The fourth-order valence-corrected chi connectivity index (χ4v) is 3.64. The Bertz CT molecular complexity index is 643. The van der Waals surface area contributed by atoms with Crippen molar-refractivity contribution in [1.82, 2.24) is 4.90 Å². The normalized spacial score (nSPS) is 18.8. The number of carbonyl (C=O) groups is 1. The fourth-order valence-electron chi connectivity index (χ4n) is 2.32. The number of morpholine rings is 1. The summed E-state index contributed by atoms with van der Waals surface area (Å²) >= 11 is 3.77. The van der Waals surface area contributed by atoms with Crippen molar-refractivity contribution in [2.45, 2.75) is 6.10 Å². The first-order chi connectivity index (χ1) is 10.1. The number of hydrogen-bond donors (Lipinski definition) is 0. The molecule has 2 aromatic rings. The lowest BCUT2D eigenvalue weighted by Gasteiger charge is -2.33. The number of carbonyl (C=O) groups excluding carboxylic acids is 1. The Labute approximate surface area is 139 Å². The Morgan fingerprint density at radius 1 is 1.38 bits per heavy atom. The van der Waals surface area contributed by atoms with Crippen molar-refractivity contribution in [1.29, 1.82) is 0 Å². The molecular weight excluding hydrogens is 404 g/mol. The summed E-state index contributed by atoms with van der Waals surface area (Å²) in [4.78, 5) is 14.3. The zero-order chi connectivity index (χ0) is 14.8. The third-order valence-electron chi connectivity index (χ3n) is 3.41. The maximum absolute atomic E-state index is 13.0. The predicted octanol–water partition coefficient (Wildman–Crippen LogP) is 3.71. The van der Waals surface area contributed by atoms with Gasteiger partial charge in [-0.15, -0.1) is 11.3 Å². The molecule has 1 fully saturated rings. The lowest BCUT2D eigenvalue weighted by molar-refractivity contribution is -0.0228. The summed E-state index contributed by atoms with van der Waals surface area (Å²) in [5.74, 6) is -0.236. The van der Waals surface area contributed by atoms with Crippen LogP contribution in [0, 0.1) is 8.70 Å². The minimum Gasteiger partial charge on any atom is -0.370 e. The van der Waals surface area contributed by atoms with Crippen molar-refractivity contribution < 1.29 is 13.9 Å². The van der Waals surface area contributed by atoms with Crippen LogP contribution in [0.5, 0.6) is 0 Å². The molecule has 1 amide bonds. The minimum atomic E-state index is -0.268. The highest BCUT2D eigenvalue weighted by Crippen LogP contribution is 2.25. The van der Waals surface area contributed by atoms with E-state index in [1.807, 2.05) is 11.4 Å². The third-order valence-corrected chi connectivity index (χ3v) is 5.20. The highest BCUT2D eigenvalue weighted by atomic mass is 127. The van der Waals surface area contributed by atoms with Crippen molar-refractivity contribution in [2.75, 3.05) is 19.7 Å². The molecule has 0 bridgehead atoms. The Balaban J connectivity index is 1.73. The molecule has 1 aliphatic rings. The van der Waals surface area contributed by atoms with Gasteiger partial charge in [0, 0.05) is 11.9 Å². The highest BCUT2D eigenvalue weighted by Gasteiger charge is 2.26. The molecule has 3 nitrogen and oxygen atoms in total. The summed E-state index contributed by atoms with van der Waals surface area (Å²) in [6.45, 7) is 1.58. The van der Waals surface area contributed by atoms with Crippen molar-refractivity contribution >= 4 is 39.8 Å². The average Bonchev–Trinajstić information content (AvgIpc) is 2.94. The number of halogens is 2. The molecular formula is C15H13FINO2S. The van der Waals surface area contributed by atoms with E-state index in [1.54, 1.807) is 28.4 Å². The SMILES string of the molecule is O=C(c1csc(I)c1)N1CCOC(c2ccc(F)cc2)C1. The van der Waals surface area contributed by atoms with Crippen LogP contribution in [-0.4, -0.2) is 30.5 Å².